The maximum absolute atomic E-state index is 8.36. The summed E-state index contributed by atoms with van der Waals surface area (Å²) in [5.41, 5.74) is 0. The highest BCUT2D eigenvalue weighted by molar-refractivity contribution is 3.83. The molecule has 0 aliphatic carbocycles. The van der Waals surface area contributed by atoms with Crippen LogP contribution in [0, 0.1) is 10.1 Å². The van der Waals surface area contributed by atoms with Gasteiger partial charge in [-0.3, -0.25) is 0 Å². The maximum Gasteiger partial charge on any atom is 0.291 e. The quantitative estimate of drug-likeness (QED) is 0.266. The van der Waals surface area contributed by atoms with E-state index in [4.69, 9.17) is 15.3 Å². The predicted molar refractivity (Wildman–Crippen MR) is 28.3 cm³/mol. The summed E-state index contributed by atoms with van der Waals surface area (Å²) in [4.78, 5) is 8.36. The molecule has 0 amide bonds. The van der Waals surface area contributed by atoms with Crippen molar-refractivity contribution < 1.29 is 32.2 Å². The smallest absolute Gasteiger partial charge is 0.291 e. The SMILES string of the molecule is N.O.O.O.O.O=[N+]([O-])O. The number of hydrogen-bond acceptors (Lipinski definition) is 3. The molecule has 0 saturated carbocycles. The highest BCUT2D eigenvalue weighted by Crippen LogP contribution is 1.38. The second kappa shape index (κ2) is 63.0. The molecular weight excluding hydrogens is 140 g/mol. The molecule has 0 aromatic carbocycles. The summed E-state index contributed by atoms with van der Waals surface area (Å²) >= 11 is 0. The Kier molecular flexibility index (Phi) is 686. The minimum Gasteiger partial charge on any atom is -0.412 e. The lowest BCUT2D eigenvalue weighted by atomic mass is 13.1. The zero-order valence-corrected chi connectivity index (χ0v) is 4.42. The van der Waals surface area contributed by atoms with Gasteiger partial charge in [-0.25, -0.2) is 0 Å². The molecule has 0 aliphatic heterocycles. The van der Waals surface area contributed by atoms with Crippen molar-refractivity contribution in [1.29, 1.82) is 0 Å². The van der Waals surface area contributed by atoms with Gasteiger partial charge < -0.3 is 33.3 Å². The van der Waals surface area contributed by atoms with Gasteiger partial charge in [0.1, 0.15) is 0 Å². The topological polar surface area (TPSA) is 224 Å². The lowest BCUT2D eigenvalue weighted by molar-refractivity contribution is -0.742. The highest BCUT2D eigenvalue weighted by atomic mass is 16.9. The standard InChI is InChI=1S/HNO3.H3N.4H2O/c2-1(3)4;;;;;/h(H,2,3,4);1H3;4*1H2. The van der Waals surface area contributed by atoms with Gasteiger partial charge in [-0.15, -0.1) is 10.1 Å². The fourth-order valence-electron chi connectivity index (χ4n) is 0. The summed E-state index contributed by atoms with van der Waals surface area (Å²) in [7, 11) is 0. The van der Waals surface area contributed by atoms with Crippen LogP contribution < -0.4 is 6.15 Å². The Labute approximate surface area is 49.8 Å². The van der Waals surface area contributed by atoms with Gasteiger partial charge in [0.25, 0.3) is 5.09 Å². The van der Waals surface area contributed by atoms with Crippen LogP contribution in [-0.4, -0.2) is 32.2 Å². The van der Waals surface area contributed by atoms with E-state index in [1.807, 2.05) is 0 Å². The summed E-state index contributed by atoms with van der Waals surface area (Å²) in [5, 5.41) is 13.6. The molecule has 9 heavy (non-hydrogen) atoms. The monoisotopic (exact) mass is 152 g/mol. The molecule has 64 valence electrons. The lowest BCUT2D eigenvalue weighted by Gasteiger charge is -1.56. The first-order chi connectivity index (χ1) is 1.73. The normalized spacial score (nSPS) is 2.67. The third-order valence-electron chi connectivity index (χ3n) is 0. The van der Waals surface area contributed by atoms with Gasteiger partial charge in [0.05, 0.1) is 0 Å². The Hall–Kier alpha value is -1.00. The van der Waals surface area contributed by atoms with Crippen molar-refractivity contribution in [1.82, 2.24) is 6.15 Å². The average molecular weight is 152 g/mol. The second-order valence-corrected chi connectivity index (χ2v) is 0.238. The molecule has 0 aliphatic rings. The Morgan fingerprint density at radius 3 is 1.11 bits per heavy atom. The Morgan fingerprint density at radius 2 is 1.11 bits per heavy atom. The van der Waals surface area contributed by atoms with E-state index < -0.39 is 5.09 Å². The van der Waals surface area contributed by atoms with Gasteiger partial charge in [0.2, 0.25) is 0 Å². The van der Waals surface area contributed by atoms with Crippen LogP contribution >= 0.6 is 0 Å². The van der Waals surface area contributed by atoms with Crippen molar-refractivity contribution in [3.05, 3.63) is 10.1 Å². The van der Waals surface area contributed by atoms with Crippen molar-refractivity contribution in [3.63, 3.8) is 0 Å². The van der Waals surface area contributed by atoms with Gasteiger partial charge in [-0.1, -0.05) is 0 Å². The van der Waals surface area contributed by atoms with Gasteiger partial charge in [0.15, 0.2) is 0 Å². The molecule has 9 nitrogen and oxygen atoms in total. The van der Waals surface area contributed by atoms with Crippen molar-refractivity contribution in [2.45, 2.75) is 0 Å². The van der Waals surface area contributed by atoms with Crippen LogP contribution in [0.25, 0.3) is 0 Å². The van der Waals surface area contributed by atoms with Crippen molar-refractivity contribution in [2.75, 3.05) is 0 Å². The van der Waals surface area contributed by atoms with E-state index in [1.54, 1.807) is 0 Å². The van der Waals surface area contributed by atoms with Crippen molar-refractivity contribution in [2.24, 2.45) is 0 Å². The molecule has 0 atom stereocenters. The molecule has 0 aromatic rings. The highest BCUT2D eigenvalue weighted by Gasteiger charge is 1.65. The zero-order chi connectivity index (χ0) is 3.58. The summed E-state index contributed by atoms with van der Waals surface area (Å²) in [5.74, 6) is 0. The first kappa shape index (κ1) is 98.0. The van der Waals surface area contributed by atoms with E-state index >= 15 is 0 Å². The largest absolute Gasteiger partial charge is 0.412 e. The minimum atomic E-state index is -1.50. The first-order valence-electron chi connectivity index (χ1n) is 0.565. The zero-order valence-electron chi connectivity index (χ0n) is 4.42. The van der Waals surface area contributed by atoms with E-state index in [0.717, 1.165) is 0 Å². The van der Waals surface area contributed by atoms with Crippen LogP contribution in [0.5, 0.6) is 0 Å². The number of rotatable bonds is 0. The minimum absolute atomic E-state index is 0. The molecule has 0 fully saturated rings. The third kappa shape index (κ3) is 175. The molecule has 0 saturated heterocycles. The molecule has 0 spiro atoms. The van der Waals surface area contributed by atoms with Gasteiger partial charge in [-0.05, 0) is 0 Å². The lowest BCUT2D eigenvalue weighted by Crippen LogP contribution is -1.81. The van der Waals surface area contributed by atoms with Crippen molar-refractivity contribution >= 4 is 0 Å². The molecular formula is H12N2O7. The van der Waals surface area contributed by atoms with Gasteiger partial charge in [-0.2, -0.15) is 0 Å². The average Bonchev–Trinajstić information content (AvgIpc) is 0.811. The van der Waals surface area contributed by atoms with E-state index in [1.165, 1.54) is 0 Å². The summed E-state index contributed by atoms with van der Waals surface area (Å²) < 4.78 is 0. The summed E-state index contributed by atoms with van der Waals surface area (Å²) in [6, 6.07) is 0. The first-order valence-corrected chi connectivity index (χ1v) is 0.565. The van der Waals surface area contributed by atoms with Crippen LogP contribution in [0.1, 0.15) is 0 Å². The van der Waals surface area contributed by atoms with E-state index in [0.29, 0.717) is 0 Å². The molecule has 0 radical (unpaired) electrons. The molecule has 9 heteroatoms. The summed E-state index contributed by atoms with van der Waals surface area (Å²) in [6.45, 7) is 0. The third-order valence-corrected chi connectivity index (χ3v) is 0. The Bertz CT molecular complexity index is 29.9. The molecule has 0 rings (SSSR count). The Balaban J connectivity index is -0.00000000450. The fraction of sp³-hybridized carbons (Fsp3) is 0. The number of nitrogens with zero attached hydrogens (tertiary/aromatic N) is 1. The van der Waals surface area contributed by atoms with Crippen LogP contribution in [0.2, 0.25) is 0 Å². The Morgan fingerprint density at radius 1 is 1.11 bits per heavy atom. The van der Waals surface area contributed by atoms with E-state index in [-0.39, 0.29) is 28.1 Å². The number of hydrogen-bond donors (Lipinski definition) is 2. The van der Waals surface area contributed by atoms with Gasteiger partial charge in [0, 0.05) is 0 Å². The van der Waals surface area contributed by atoms with E-state index in [9.17, 15) is 0 Å². The molecule has 0 unspecified atom stereocenters. The second-order valence-electron chi connectivity index (χ2n) is 0.238. The molecule has 0 aromatic heterocycles. The van der Waals surface area contributed by atoms with E-state index in [2.05, 4.69) is 0 Å². The molecule has 0 bridgehead atoms. The maximum atomic E-state index is 8.36. The van der Waals surface area contributed by atoms with Crippen LogP contribution in [0.15, 0.2) is 0 Å². The van der Waals surface area contributed by atoms with Crippen LogP contribution in [-0.2, 0) is 0 Å². The summed E-state index contributed by atoms with van der Waals surface area (Å²) in [6.07, 6.45) is 0. The van der Waals surface area contributed by atoms with Gasteiger partial charge >= 0.3 is 0 Å². The fourth-order valence-corrected chi connectivity index (χ4v) is 0. The van der Waals surface area contributed by atoms with Crippen LogP contribution in [0.3, 0.4) is 0 Å². The molecule has 0 heterocycles. The predicted octanol–water partition coefficient (Wildman–Crippen LogP) is -3.48. The van der Waals surface area contributed by atoms with Crippen molar-refractivity contribution in [3.8, 4) is 0 Å². The molecule has 12 N–H and O–H groups in total. The van der Waals surface area contributed by atoms with Crippen LogP contribution in [0.4, 0.5) is 0 Å².